The van der Waals surface area contributed by atoms with Crippen LogP contribution in [0.5, 0.6) is 0 Å². The molecule has 0 fully saturated rings. The first-order valence-corrected chi connectivity index (χ1v) is 15.5. The number of nitrogens with one attached hydrogen (secondary N) is 1. The summed E-state index contributed by atoms with van der Waals surface area (Å²) < 4.78 is 35.9. The monoisotopic (exact) mass is 645 g/mol. The second-order valence-corrected chi connectivity index (χ2v) is 13.8. The van der Waals surface area contributed by atoms with E-state index in [1.54, 1.807) is 63.4 Å². The number of amides is 1. The molecule has 0 unspecified atom stereocenters. The SMILES string of the molecule is CN(C)CCNC(=O)c1ccc(-n2ccc3cc(N(CC(=O)OC(C)(C)C)S(=O)(=O)c4cc(Cl)cc(Cl)c4)ccc32)nc1. The van der Waals surface area contributed by atoms with Gasteiger partial charge >= 0.3 is 5.97 Å². The number of halogens is 2. The molecule has 228 valence electrons. The minimum absolute atomic E-state index is 0.139. The number of ether oxygens (including phenoxy) is 1. The van der Waals surface area contributed by atoms with Crippen LogP contribution in [0.3, 0.4) is 0 Å². The van der Waals surface area contributed by atoms with Gasteiger partial charge in [0.1, 0.15) is 18.0 Å². The summed E-state index contributed by atoms with van der Waals surface area (Å²) >= 11 is 12.2. The van der Waals surface area contributed by atoms with Gasteiger partial charge < -0.3 is 19.5 Å². The minimum Gasteiger partial charge on any atom is -0.459 e. The van der Waals surface area contributed by atoms with Crippen LogP contribution in [-0.2, 0) is 19.6 Å². The van der Waals surface area contributed by atoms with Gasteiger partial charge in [-0.1, -0.05) is 23.2 Å². The molecule has 43 heavy (non-hydrogen) atoms. The Morgan fingerprint density at radius 3 is 2.30 bits per heavy atom. The number of anilines is 1. The minimum atomic E-state index is -4.28. The van der Waals surface area contributed by atoms with Crippen LogP contribution in [0.1, 0.15) is 31.1 Å². The van der Waals surface area contributed by atoms with E-state index in [0.717, 1.165) is 16.4 Å². The number of likely N-dealkylation sites (N-methyl/N-ethyl adjacent to an activating group) is 1. The Bertz CT molecular complexity index is 1730. The quantitative estimate of drug-likeness (QED) is 0.237. The second kappa shape index (κ2) is 12.9. The maximum atomic E-state index is 13.8. The van der Waals surface area contributed by atoms with Crippen molar-refractivity contribution in [3.8, 4) is 5.82 Å². The molecule has 10 nitrogen and oxygen atoms in total. The number of sulfonamides is 1. The van der Waals surface area contributed by atoms with E-state index in [4.69, 9.17) is 27.9 Å². The molecule has 0 saturated carbocycles. The Morgan fingerprint density at radius 1 is 1.00 bits per heavy atom. The van der Waals surface area contributed by atoms with Crippen LogP contribution in [0.2, 0.25) is 10.0 Å². The average Bonchev–Trinajstić information content (AvgIpc) is 3.33. The van der Waals surface area contributed by atoms with Crippen molar-refractivity contribution in [3.63, 3.8) is 0 Å². The number of benzene rings is 2. The third kappa shape index (κ3) is 8.05. The van der Waals surface area contributed by atoms with E-state index in [1.807, 2.05) is 23.6 Å². The molecule has 2 aromatic heterocycles. The zero-order valence-corrected chi connectivity index (χ0v) is 26.8. The van der Waals surface area contributed by atoms with E-state index in [0.29, 0.717) is 23.3 Å². The maximum absolute atomic E-state index is 13.8. The molecule has 1 N–H and O–H groups in total. The fourth-order valence-electron chi connectivity index (χ4n) is 4.25. The highest BCUT2D eigenvalue weighted by Crippen LogP contribution is 2.31. The fourth-order valence-corrected chi connectivity index (χ4v) is 6.38. The Balaban J connectivity index is 1.67. The number of fused-ring (bicyclic) bond motifs is 1. The number of hydrogen-bond donors (Lipinski definition) is 1. The maximum Gasteiger partial charge on any atom is 0.327 e. The summed E-state index contributed by atoms with van der Waals surface area (Å²) in [7, 11) is -0.424. The van der Waals surface area contributed by atoms with E-state index in [-0.39, 0.29) is 26.5 Å². The summed E-state index contributed by atoms with van der Waals surface area (Å²) in [4.78, 5) is 31.6. The molecule has 1 amide bonds. The summed E-state index contributed by atoms with van der Waals surface area (Å²) in [5, 5.41) is 3.83. The number of aromatic nitrogens is 2. The molecule has 4 rings (SSSR count). The molecule has 13 heteroatoms. The molecule has 0 saturated heterocycles. The fraction of sp³-hybridized carbons (Fsp3) is 0.300. The molecule has 0 radical (unpaired) electrons. The predicted molar refractivity (Wildman–Crippen MR) is 169 cm³/mol. The van der Waals surface area contributed by atoms with Crippen LogP contribution in [-0.4, -0.2) is 74.1 Å². The first-order chi connectivity index (χ1) is 20.1. The molecule has 0 aliphatic heterocycles. The molecule has 0 bridgehead atoms. The number of pyridine rings is 1. The molecule has 2 aromatic carbocycles. The van der Waals surface area contributed by atoms with Gasteiger partial charge in [0.15, 0.2) is 0 Å². The summed E-state index contributed by atoms with van der Waals surface area (Å²) in [6.07, 6.45) is 3.29. The van der Waals surface area contributed by atoms with Gasteiger partial charge in [0.2, 0.25) is 0 Å². The highest BCUT2D eigenvalue weighted by atomic mass is 35.5. The van der Waals surface area contributed by atoms with E-state index in [2.05, 4.69) is 10.3 Å². The van der Waals surface area contributed by atoms with Crippen LogP contribution >= 0.6 is 23.2 Å². The average molecular weight is 647 g/mol. The van der Waals surface area contributed by atoms with Crippen molar-refractivity contribution in [1.82, 2.24) is 19.8 Å². The third-order valence-electron chi connectivity index (χ3n) is 6.18. The van der Waals surface area contributed by atoms with Gasteiger partial charge in [-0.05, 0) is 89.5 Å². The number of nitrogens with zero attached hydrogens (tertiary/aromatic N) is 4. The largest absolute Gasteiger partial charge is 0.459 e. The molecular weight excluding hydrogens is 613 g/mol. The number of esters is 1. The highest BCUT2D eigenvalue weighted by Gasteiger charge is 2.30. The number of rotatable bonds is 10. The lowest BCUT2D eigenvalue weighted by atomic mass is 10.2. The van der Waals surface area contributed by atoms with Gasteiger partial charge in [-0.15, -0.1) is 0 Å². The van der Waals surface area contributed by atoms with Crippen molar-refractivity contribution in [3.05, 3.63) is 82.6 Å². The molecule has 2 heterocycles. The van der Waals surface area contributed by atoms with Crippen LogP contribution in [0, 0.1) is 0 Å². The standard InChI is InChI=1S/C30H33Cl2N5O5S/c1-30(2,3)42-28(38)19-37(43(40,41)25-16-22(31)15-23(32)17-25)24-7-8-26-20(14-24)10-12-36(26)27-9-6-21(18-34-27)29(39)33-11-13-35(4)5/h6-10,12,14-18H,11,13,19H2,1-5H3,(H,33,39). The van der Waals surface area contributed by atoms with Crippen molar-refractivity contribution >= 4 is 61.7 Å². The topological polar surface area (TPSA) is 114 Å². The van der Waals surface area contributed by atoms with Crippen molar-refractivity contribution in [1.29, 1.82) is 0 Å². The van der Waals surface area contributed by atoms with Crippen LogP contribution in [0.15, 0.2) is 71.9 Å². The summed E-state index contributed by atoms with van der Waals surface area (Å²) in [6, 6.07) is 14.2. The lowest BCUT2D eigenvalue weighted by molar-refractivity contribution is -0.152. The molecular formula is C30H33Cl2N5O5S. The third-order valence-corrected chi connectivity index (χ3v) is 8.37. The van der Waals surface area contributed by atoms with Gasteiger partial charge in [-0.2, -0.15) is 0 Å². The second-order valence-electron chi connectivity index (χ2n) is 11.1. The zero-order chi connectivity index (χ0) is 31.5. The molecule has 0 atom stereocenters. The van der Waals surface area contributed by atoms with Crippen LogP contribution in [0.25, 0.3) is 16.7 Å². The molecule has 0 aliphatic rings. The Hall–Kier alpha value is -3.64. The van der Waals surface area contributed by atoms with Gasteiger partial charge in [-0.3, -0.25) is 13.9 Å². The number of carbonyl (C=O) groups excluding carboxylic acids is 2. The first kappa shape index (κ1) is 32.3. The van der Waals surface area contributed by atoms with E-state index in [9.17, 15) is 18.0 Å². The molecule has 0 spiro atoms. The lowest BCUT2D eigenvalue weighted by Gasteiger charge is -2.26. The Kier molecular flexibility index (Phi) is 9.70. The van der Waals surface area contributed by atoms with E-state index in [1.165, 1.54) is 24.4 Å². The normalized spacial score (nSPS) is 12.0. The van der Waals surface area contributed by atoms with E-state index < -0.39 is 28.1 Å². The first-order valence-electron chi connectivity index (χ1n) is 13.4. The Labute approximate surface area is 261 Å². The summed E-state index contributed by atoms with van der Waals surface area (Å²) in [6.45, 7) is 5.77. The van der Waals surface area contributed by atoms with Crippen molar-refractivity contribution in [2.24, 2.45) is 0 Å². The van der Waals surface area contributed by atoms with Crippen LogP contribution in [0.4, 0.5) is 5.69 Å². The van der Waals surface area contributed by atoms with Crippen molar-refractivity contribution in [2.75, 3.05) is 38.0 Å². The number of hydrogen-bond acceptors (Lipinski definition) is 7. The summed E-state index contributed by atoms with van der Waals surface area (Å²) in [5.74, 6) is -0.369. The van der Waals surface area contributed by atoms with Gasteiger partial charge in [0.05, 0.1) is 21.7 Å². The lowest BCUT2D eigenvalue weighted by Crippen LogP contribution is -2.39. The molecule has 4 aromatic rings. The Morgan fingerprint density at radius 2 is 1.70 bits per heavy atom. The number of carbonyl (C=O) groups is 2. The van der Waals surface area contributed by atoms with E-state index >= 15 is 0 Å². The van der Waals surface area contributed by atoms with Gasteiger partial charge in [-0.25, -0.2) is 13.4 Å². The zero-order valence-electron chi connectivity index (χ0n) is 24.5. The highest BCUT2D eigenvalue weighted by molar-refractivity contribution is 7.92. The summed E-state index contributed by atoms with van der Waals surface area (Å²) in [5.41, 5.74) is 0.595. The van der Waals surface area contributed by atoms with Gasteiger partial charge in [0, 0.05) is 40.9 Å². The van der Waals surface area contributed by atoms with Crippen molar-refractivity contribution < 1.29 is 22.7 Å². The van der Waals surface area contributed by atoms with Crippen molar-refractivity contribution in [2.45, 2.75) is 31.3 Å². The smallest absolute Gasteiger partial charge is 0.327 e. The van der Waals surface area contributed by atoms with Crippen LogP contribution < -0.4 is 9.62 Å². The molecule has 0 aliphatic carbocycles. The predicted octanol–water partition coefficient (Wildman–Crippen LogP) is 5.16. The van der Waals surface area contributed by atoms with Gasteiger partial charge in [0.25, 0.3) is 15.9 Å².